The maximum Gasteiger partial charge on any atom is 0.217 e. The number of carbonyl (C=O) groups is 1. The van der Waals surface area contributed by atoms with Gasteiger partial charge in [-0.1, -0.05) is 0 Å². The summed E-state index contributed by atoms with van der Waals surface area (Å²) < 4.78 is 22.1. The highest BCUT2D eigenvalue weighted by Crippen LogP contribution is 2.29. The number of aliphatic hydroxyl groups excluding tert-OH is 4. The molecule has 27 heavy (non-hydrogen) atoms. The Labute approximate surface area is 157 Å². The summed E-state index contributed by atoms with van der Waals surface area (Å²) in [4.78, 5) is 11.4. The molecular formula is C16H30N2O9. The third-order valence-corrected chi connectivity index (χ3v) is 4.98. The molecule has 0 aromatic carbocycles. The quantitative estimate of drug-likeness (QED) is 0.265. The summed E-state index contributed by atoms with van der Waals surface area (Å²) in [7, 11) is 1.35. The van der Waals surface area contributed by atoms with Crippen LogP contribution in [0.4, 0.5) is 0 Å². The number of rotatable bonds is 6. The first-order chi connectivity index (χ1) is 12.7. The number of carbonyl (C=O) groups excluding carboxylic acids is 1. The van der Waals surface area contributed by atoms with E-state index in [-0.39, 0.29) is 5.91 Å². The Morgan fingerprint density at radius 1 is 1.11 bits per heavy atom. The van der Waals surface area contributed by atoms with Crippen molar-refractivity contribution in [3.63, 3.8) is 0 Å². The van der Waals surface area contributed by atoms with Crippen molar-refractivity contribution in [2.24, 2.45) is 5.73 Å². The standard InChI is InChI=1S/C16H30N2O9/c1-6-11(18-7(2)21)13(23)15(9(5-20)25-6)27-16-10(17)12(22)14(24-3)8(4-19)26-16/h6,8-16,19-20,22-23H,4-5,17H2,1-3H3,(H,18,21)/t6?,8?,9-,10?,11?,12+,13?,14+,15+,16?/m0/s1. The van der Waals surface area contributed by atoms with Gasteiger partial charge in [0.15, 0.2) is 6.29 Å². The summed E-state index contributed by atoms with van der Waals surface area (Å²) in [5.74, 6) is -0.361. The zero-order valence-corrected chi connectivity index (χ0v) is 15.6. The molecule has 1 amide bonds. The van der Waals surface area contributed by atoms with Gasteiger partial charge in [0.05, 0.1) is 31.4 Å². The summed E-state index contributed by atoms with van der Waals surface area (Å²) in [6.07, 6.45) is -7.93. The van der Waals surface area contributed by atoms with Gasteiger partial charge in [0.2, 0.25) is 5.91 Å². The predicted octanol–water partition coefficient (Wildman–Crippen LogP) is -3.56. The Hall–Kier alpha value is -0.890. The number of aliphatic hydroxyl groups is 4. The van der Waals surface area contributed by atoms with Crippen molar-refractivity contribution in [3.05, 3.63) is 0 Å². The zero-order valence-electron chi connectivity index (χ0n) is 15.6. The van der Waals surface area contributed by atoms with E-state index in [9.17, 15) is 25.2 Å². The second-order valence-corrected chi connectivity index (χ2v) is 6.87. The van der Waals surface area contributed by atoms with Gasteiger partial charge in [-0.2, -0.15) is 0 Å². The maximum atomic E-state index is 11.4. The predicted molar refractivity (Wildman–Crippen MR) is 90.4 cm³/mol. The monoisotopic (exact) mass is 394 g/mol. The molecule has 11 nitrogen and oxygen atoms in total. The first kappa shape index (κ1) is 22.4. The molecule has 0 radical (unpaired) electrons. The summed E-state index contributed by atoms with van der Waals surface area (Å²) in [6.45, 7) is 2.06. The van der Waals surface area contributed by atoms with Crippen LogP contribution in [0.1, 0.15) is 13.8 Å². The molecule has 2 saturated heterocycles. The normalized spacial score (nSPS) is 45.5. The fourth-order valence-corrected chi connectivity index (χ4v) is 3.55. The fourth-order valence-electron chi connectivity index (χ4n) is 3.55. The van der Waals surface area contributed by atoms with E-state index >= 15 is 0 Å². The van der Waals surface area contributed by atoms with E-state index < -0.39 is 74.3 Å². The van der Waals surface area contributed by atoms with E-state index in [1.54, 1.807) is 6.92 Å². The van der Waals surface area contributed by atoms with Crippen LogP contribution in [0.15, 0.2) is 0 Å². The van der Waals surface area contributed by atoms with Crippen LogP contribution in [0.25, 0.3) is 0 Å². The lowest BCUT2D eigenvalue weighted by atomic mass is 9.92. The first-order valence-corrected chi connectivity index (χ1v) is 8.84. The Balaban J connectivity index is 2.17. The fraction of sp³-hybridized carbons (Fsp3) is 0.938. The minimum absolute atomic E-state index is 0.361. The van der Waals surface area contributed by atoms with Crippen molar-refractivity contribution >= 4 is 5.91 Å². The molecule has 11 heteroatoms. The molecule has 6 unspecified atom stereocenters. The molecule has 0 aliphatic carbocycles. The molecule has 158 valence electrons. The lowest BCUT2D eigenvalue weighted by Crippen LogP contribution is -2.68. The lowest BCUT2D eigenvalue weighted by Gasteiger charge is -2.47. The zero-order chi connectivity index (χ0) is 20.3. The van der Waals surface area contributed by atoms with Crippen LogP contribution in [0.5, 0.6) is 0 Å². The van der Waals surface area contributed by atoms with E-state index in [0.29, 0.717) is 0 Å². The van der Waals surface area contributed by atoms with Crippen LogP contribution in [-0.2, 0) is 23.7 Å². The second-order valence-electron chi connectivity index (χ2n) is 6.87. The van der Waals surface area contributed by atoms with E-state index in [1.807, 2.05) is 0 Å². The third-order valence-electron chi connectivity index (χ3n) is 4.98. The van der Waals surface area contributed by atoms with Gasteiger partial charge in [0.1, 0.15) is 36.6 Å². The molecule has 2 aliphatic rings. The van der Waals surface area contributed by atoms with Gasteiger partial charge in [-0.3, -0.25) is 4.79 Å². The minimum atomic E-state index is -1.23. The molecular weight excluding hydrogens is 364 g/mol. The molecule has 0 aromatic heterocycles. The Morgan fingerprint density at radius 3 is 2.22 bits per heavy atom. The molecule has 0 spiro atoms. The summed E-state index contributed by atoms with van der Waals surface area (Å²) in [5, 5.41) is 42.7. The Bertz CT molecular complexity index is 495. The number of nitrogens with two attached hydrogens (primary N) is 1. The topological polar surface area (TPSA) is 173 Å². The first-order valence-electron chi connectivity index (χ1n) is 8.84. The van der Waals surface area contributed by atoms with Crippen LogP contribution in [0, 0.1) is 0 Å². The lowest BCUT2D eigenvalue weighted by molar-refractivity contribution is -0.313. The average Bonchev–Trinajstić information content (AvgIpc) is 2.63. The number of nitrogens with one attached hydrogen (secondary N) is 1. The molecule has 7 N–H and O–H groups in total. The van der Waals surface area contributed by atoms with E-state index in [2.05, 4.69) is 5.32 Å². The molecule has 2 fully saturated rings. The van der Waals surface area contributed by atoms with Gasteiger partial charge < -0.3 is 50.4 Å². The number of hydrogen-bond acceptors (Lipinski definition) is 10. The van der Waals surface area contributed by atoms with Gasteiger partial charge in [0, 0.05) is 14.0 Å². The smallest absolute Gasteiger partial charge is 0.217 e. The van der Waals surface area contributed by atoms with Crippen molar-refractivity contribution in [1.82, 2.24) is 5.32 Å². The third kappa shape index (κ3) is 4.75. The molecule has 0 bridgehead atoms. The van der Waals surface area contributed by atoms with Gasteiger partial charge in [-0.15, -0.1) is 0 Å². The van der Waals surface area contributed by atoms with Crippen molar-refractivity contribution in [3.8, 4) is 0 Å². The maximum absolute atomic E-state index is 11.4. The minimum Gasteiger partial charge on any atom is -0.394 e. The molecule has 2 aliphatic heterocycles. The second kappa shape index (κ2) is 9.54. The van der Waals surface area contributed by atoms with Crippen LogP contribution < -0.4 is 11.1 Å². The van der Waals surface area contributed by atoms with Crippen LogP contribution in [0.2, 0.25) is 0 Å². The molecule has 10 atom stereocenters. The average molecular weight is 394 g/mol. The van der Waals surface area contributed by atoms with Gasteiger partial charge in [-0.25, -0.2) is 0 Å². The molecule has 2 heterocycles. The van der Waals surface area contributed by atoms with Crippen molar-refractivity contribution in [2.45, 2.75) is 74.9 Å². The Morgan fingerprint density at radius 2 is 1.70 bits per heavy atom. The van der Waals surface area contributed by atoms with Gasteiger partial charge in [-0.05, 0) is 6.92 Å². The van der Waals surface area contributed by atoms with E-state index in [0.717, 1.165) is 0 Å². The number of hydrogen-bond donors (Lipinski definition) is 6. The largest absolute Gasteiger partial charge is 0.394 e. The van der Waals surface area contributed by atoms with Crippen LogP contribution >= 0.6 is 0 Å². The van der Waals surface area contributed by atoms with Crippen molar-refractivity contribution in [2.75, 3.05) is 20.3 Å². The summed E-state index contributed by atoms with van der Waals surface area (Å²) >= 11 is 0. The van der Waals surface area contributed by atoms with Crippen LogP contribution in [0.3, 0.4) is 0 Å². The highest BCUT2D eigenvalue weighted by atomic mass is 16.7. The SMILES string of the molecule is CO[C@@H]1C(CO)OC(O[C@H]2C(O)C(NC(C)=O)C(C)O[C@H]2CO)C(N)[C@H]1O. The number of amides is 1. The van der Waals surface area contributed by atoms with E-state index in [4.69, 9.17) is 24.7 Å². The summed E-state index contributed by atoms with van der Waals surface area (Å²) in [5.41, 5.74) is 5.98. The number of ether oxygens (including phenoxy) is 4. The van der Waals surface area contributed by atoms with Crippen molar-refractivity contribution in [1.29, 1.82) is 0 Å². The van der Waals surface area contributed by atoms with Crippen molar-refractivity contribution < 1.29 is 44.2 Å². The highest BCUT2D eigenvalue weighted by Gasteiger charge is 2.49. The highest BCUT2D eigenvalue weighted by molar-refractivity contribution is 5.73. The molecule has 0 saturated carbocycles. The van der Waals surface area contributed by atoms with Gasteiger partial charge >= 0.3 is 0 Å². The van der Waals surface area contributed by atoms with E-state index in [1.165, 1.54) is 14.0 Å². The number of methoxy groups -OCH3 is 1. The summed E-state index contributed by atoms with van der Waals surface area (Å²) in [6, 6.07) is -1.82. The van der Waals surface area contributed by atoms with Gasteiger partial charge in [0.25, 0.3) is 0 Å². The molecule has 0 aromatic rings. The molecule has 2 rings (SSSR count). The Kier molecular flexibility index (Phi) is 7.92. The van der Waals surface area contributed by atoms with Crippen LogP contribution in [-0.4, -0.2) is 108 Å².